The van der Waals surface area contributed by atoms with Gasteiger partial charge in [0.05, 0.1) is 22.3 Å². The van der Waals surface area contributed by atoms with Gasteiger partial charge in [0.25, 0.3) is 15.9 Å². The summed E-state index contributed by atoms with van der Waals surface area (Å²) < 4.78 is 30.2. The Hall–Kier alpha value is -3.98. The van der Waals surface area contributed by atoms with Crippen molar-refractivity contribution in [3.63, 3.8) is 0 Å². The van der Waals surface area contributed by atoms with E-state index < -0.39 is 10.0 Å². The number of hydrogen-bond acceptors (Lipinski definition) is 5. The molecule has 0 aliphatic carbocycles. The molecule has 35 heavy (non-hydrogen) atoms. The quantitative estimate of drug-likeness (QED) is 0.445. The van der Waals surface area contributed by atoms with Crippen LogP contribution in [0.4, 0.5) is 5.69 Å². The first-order valence-electron chi connectivity index (χ1n) is 11.3. The van der Waals surface area contributed by atoms with Crippen LogP contribution in [0.2, 0.25) is 0 Å². The molecule has 2 heterocycles. The Kier molecular flexibility index (Phi) is 5.86. The summed E-state index contributed by atoms with van der Waals surface area (Å²) in [5, 5.41) is 7.06. The smallest absolute Gasteiger partial charge is 0.264 e. The minimum absolute atomic E-state index is 0.0959. The van der Waals surface area contributed by atoms with Gasteiger partial charge in [0, 0.05) is 11.6 Å². The number of aromatic nitrogens is 3. The molecule has 178 valence electrons. The van der Waals surface area contributed by atoms with E-state index in [2.05, 4.69) is 15.4 Å². The third kappa shape index (κ3) is 4.30. The second-order valence-corrected chi connectivity index (χ2v) is 10.5. The molecule has 0 fully saturated rings. The number of fused-ring (bicyclic) bond motifs is 1. The van der Waals surface area contributed by atoms with Gasteiger partial charge in [-0.3, -0.25) is 9.10 Å². The SMILES string of the molecule is C[C@@H](NC(=O)c1cccc(S(=O)(=O)N2c3ccccc3C[C@@H]2C)c1)c1ccc(-n2cncn2)cc1. The fourth-order valence-corrected chi connectivity index (χ4v) is 6.17. The van der Waals surface area contributed by atoms with Crippen molar-refractivity contribution in [3.8, 4) is 5.69 Å². The van der Waals surface area contributed by atoms with Crippen LogP contribution in [0.1, 0.15) is 41.4 Å². The molecule has 0 saturated heterocycles. The van der Waals surface area contributed by atoms with Gasteiger partial charge in [-0.25, -0.2) is 18.1 Å². The lowest BCUT2D eigenvalue weighted by Crippen LogP contribution is -2.36. The van der Waals surface area contributed by atoms with Crippen molar-refractivity contribution in [2.24, 2.45) is 0 Å². The average molecular weight is 488 g/mol. The van der Waals surface area contributed by atoms with E-state index in [0.717, 1.165) is 16.8 Å². The van der Waals surface area contributed by atoms with Crippen LogP contribution >= 0.6 is 0 Å². The van der Waals surface area contributed by atoms with Crippen LogP contribution < -0.4 is 9.62 Å². The van der Waals surface area contributed by atoms with Crippen molar-refractivity contribution in [1.29, 1.82) is 0 Å². The number of para-hydroxylation sites is 1. The largest absolute Gasteiger partial charge is 0.346 e. The van der Waals surface area contributed by atoms with Crippen molar-refractivity contribution >= 4 is 21.6 Å². The summed E-state index contributed by atoms with van der Waals surface area (Å²) in [6.45, 7) is 3.77. The second kappa shape index (κ2) is 8.99. The third-order valence-electron chi connectivity index (χ3n) is 6.22. The van der Waals surface area contributed by atoms with Crippen LogP contribution in [0.15, 0.2) is 90.3 Å². The zero-order valence-electron chi connectivity index (χ0n) is 19.4. The van der Waals surface area contributed by atoms with Gasteiger partial charge in [-0.1, -0.05) is 36.4 Å². The number of anilines is 1. The van der Waals surface area contributed by atoms with Gasteiger partial charge in [-0.2, -0.15) is 5.10 Å². The molecule has 1 aliphatic heterocycles. The number of nitrogens with zero attached hydrogens (tertiary/aromatic N) is 4. The predicted molar refractivity (Wildman–Crippen MR) is 133 cm³/mol. The highest BCUT2D eigenvalue weighted by Gasteiger charge is 2.36. The minimum Gasteiger partial charge on any atom is -0.346 e. The summed E-state index contributed by atoms with van der Waals surface area (Å²) in [5.41, 5.74) is 3.75. The maximum Gasteiger partial charge on any atom is 0.264 e. The number of rotatable bonds is 6. The van der Waals surface area contributed by atoms with Gasteiger partial charge < -0.3 is 5.32 Å². The van der Waals surface area contributed by atoms with Crippen molar-refractivity contribution in [3.05, 3.63) is 102 Å². The Labute approximate surface area is 204 Å². The average Bonchev–Trinajstić information content (AvgIpc) is 3.52. The summed E-state index contributed by atoms with van der Waals surface area (Å²) in [7, 11) is -3.82. The van der Waals surface area contributed by atoms with Crippen LogP contribution in [0.25, 0.3) is 5.69 Å². The van der Waals surface area contributed by atoms with Crippen molar-refractivity contribution in [2.75, 3.05) is 4.31 Å². The molecular weight excluding hydrogens is 462 g/mol. The summed E-state index contributed by atoms with van der Waals surface area (Å²) >= 11 is 0. The number of hydrogen-bond donors (Lipinski definition) is 1. The lowest BCUT2D eigenvalue weighted by Gasteiger charge is -2.24. The second-order valence-electron chi connectivity index (χ2n) is 8.64. The van der Waals surface area contributed by atoms with Gasteiger partial charge in [0.2, 0.25) is 0 Å². The number of amides is 1. The van der Waals surface area contributed by atoms with E-state index >= 15 is 0 Å². The maximum absolute atomic E-state index is 13.5. The zero-order valence-corrected chi connectivity index (χ0v) is 20.2. The maximum atomic E-state index is 13.5. The molecule has 9 heteroatoms. The molecule has 4 aromatic rings. The number of nitrogens with one attached hydrogen (secondary N) is 1. The van der Waals surface area contributed by atoms with Crippen LogP contribution in [0.5, 0.6) is 0 Å². The van der Waals surface area contributed by atoms with Crippen LogP contribution in [-0.2, 0) is 16.4 Å². The van der Waals surface area contributed by atoms with E-state index in [1.165, 1.54) is 22.8 Å². The van der Waals surface area contributed by atoms with Gasteiger partial charge >= 0.3 is 0 Å². The molecule has 2 atom stereocenters. The molecule has 5 rings (SSSR count). The van der Waals surface area contributed by atoms with Crippen molar-refractivity contribution < 1.29 is 13.2 Å². The molecule has 1 aromatic heterocycles. The first kappa shape index (κ1) is 22.8. The van der Waals surface area contributed by atoms with E-state index in [0.29, 0.717) is 12.1 Å². The molecule has 1 amide bonds. The van der Waals surface area contributed by atoms with Crippen LogP contribution in [0.3, 0.4) is 0 Å². The number of carbonyl (C=O) groups excluding carboxylic acids is 1. The Morgan fingerprint density at radius 2 is 1.83 bits per heavy atom. The van der Waals surface area contributed by atoms with Crippen molar-refractivity contribution in [1.82, 2.24) is 20.1 Å². The fraction of sp³-hybridized carbons (Fsp3) is 0.192. The lowest BCUT2D eigenvalue weighted by atomic mass is 10.1. The Balaban J connectivity index is 1.34. The monoisotopic (exact) mass is 487 g/mol. The van der Waals surface area contributed by atoms with Crippen LogP contribution in [-0.4, -0.2) is 35.1 Å². The molecule has 8 nitrogen and oxygen atoms in total. The minimum atomic E-state index is -3.82. The van der Waals surface area contributed by atoms with Gasteiger partial charge in [0.15, 0.2) is 0 Å². The number of carbonyl (C=O) groups is 1. The summed E-state index contributed by atoms with van der Waals surface area (Å²) in [6, 6.07) is 20.9. The molecule has 0 spiro atoms. The normalized spacial score (nSPS) is 16.1. The number of sulfonamides is 1. The van der Waals surface area contributed by atoms with E-state index in [9.17, 15) is 13.2 Å². The molecule has 1 N–H and O–H groups in total. The van der Waals surface area contributed by atoms with E-state index in [-0.39, 0.29) is 28.4 Å². The highest BCUT2D eigenvalue weighted by Crippen LogP contribution is 2.36. The lowest BCUT2D eigenvalue weighted by molar-refractivity contribution is 0.0939. The topological polar surface area (TPSA) is 97.2 Å². The highest BCUT2D eigenvalue weighted by atomic mass is 32.2. The predicted octanol–water partition coefficient (Wildman–Crippen LogP) is 3.90. The highest BCUT2D eigenvalue weighted by molar-refractivity contribution is 7.92. The summed E-state index contributed by atoms with van der Waals surface area (Å²) in [4.78, 5) is 17.0. The van der Waals surface area contributed by atoms with Crippen LogP contribution in [0, 0.1) is 0 Å². The van der Waals surface area contributed by atoms with Crippen molar-refractivity contribution in [2.45, 2.75) is 37.2 Å². The van der Waals surface area contributed by atoms with Gasteiger partial charge in [-0.05, 0) is 67.8 Å². The molecular formula is C26H25N5O3S. The standard InChI is InChI=1S/C26H25N5O3S/c1-18-14-21-6-3-4-9-25(21)31(18)35(33,34)24-8-5-7-22(15-24)26(32)29-19(2)20-10-12-23(13-11-20)30-17-27-16-28-30/h3-13,15-19H,14H2,1-2H3,(H,29,32)/t18-,19+/m0/s1. The Morgan fingerprint density at radius 1 is 1.06 bits per heavy atom. The summed E-state index contributed by atoms with van der Waals surface area (Å²) in [6.07, 6.45) is 3.74. The first-order chi connectivity index (χ1) is 16.8. The number of benzene rings is 3. The molecule has 1 aliphatic rings. The molecule has 0 bridgehead atoms. The van der Waals surface area contributed by atoms with Gasteiger partial charge in [-0.15, -0.1) is 0 Å². The summed E-state index contributed by atoms with van der Waals surface area (Å²) in [5.74, 6) is -0.343. The van der Waals surface area contributed by atoms with Gasteiger partial charge in [0.1, 0.15) is 12.7 Å². The molecule has 3 aromatic carbocycles. The third-order valence-corrected chi connectivity index (χ3v) is 8.15. The van der Waals surface area contributed by atoms with E-state index in [1.54, 1.807) is 23.1 Å². The molecule has 0 saturated carbocycles. The van der Waals surface area contributed by atoms with E-state index in [4.69, 9.17) is 0 Å². The van der Waals surface area contributed by atoms with E-state index in [1.807, 2.05) is 62.4 Å². The fourth-order valence-electron chi connectivity index (χ4n) is 4.44. The zero-order chi connectivity index (χ0) is 24.6. The Morgan fingerprint density at radius 3 is 2.57 bits per heavy atom. The molecule has 0 unspecified atom stereocenters. The first-order valence-corrected chi connectivity index (χ1v) is 12.8. The Bertz CT molecular complexity index is 1470. The molecule has 0 radical (unpaired) electrons.